The number of nitrogens with one attached hydrogen (secondary N) is 1. The van der Waals surface area contributed by atoms with Gasteiger partial charge in [-0.15, -0.1) is 0 Å². The summed E-state index contributed by atoms with van der Waals surface area (Å²) in [6.07, 6.45) is 7.06. The van der Waals surface area contributed by atoms with Gasteiger partial charge in [0, 0.05) is 31.5 Å². The molecule has 3 rings (SSSR count). The Balaban J connectivity index is 1.63. The minimum absolute atomic E-state index is 0.0982. The first-order chi connectivity index (χ1) is 10.6. The van der Waals surface area contributed by atoms with Crippen molar-refractivity contribution in [2.75, 3.05) is 24.1 Å². The number of nitrogen functional groups attached to an aromatic ring is 1. The number of hydrogen-bond acceptors (Lipinski definition) is 5. The van der Waals surface area contributed by atoms with Gasteiger partial charge in [-0.25, -0.2) is 4.98 Å². The number of carbonyl (C=O) groups is 1. The van der Waals surface area contributed by atoms with Crippen LogP contribution in [-0.4, -0.2) is 38.7 Å². The highest BCUT2D eigenvalue weighted by Crippen LogP contribution is 2.22. The molecule has 1 fully saturated rings. The van der Waals surface area contributed by atoms with Crippen LogP contribution in [0.2, 0.25) is 5.02 Å². The van der Waals surface area contributed by atoms with Crippen molar-refractivity contribution in [3.05, 3.63) is 29.7 Å². The minimum Gasteiger partial charge on any atom is -0.397 e. The maximum Gasteiger partial charge on any atom is 0.244 e. The van der Waals surface area contributed by atoms with Crippen LogP contribution in [0.5, 0.6) is 0 Å². The molecule has 1 amide bonds. The summed E-state index contributed by atoms with van der Waals surface area (Å²) < 4.78 is 1.61. The second kappa shape index (κ2) is 6.23. The Morgan fingerprint density at radius 1 is 1.36 bits per heavy atom. The maximum atomic E-state index is 12.1. The van der Waals surface area contributed by atoms with Crippen molar-refractivity contribution in [1.29, 1.82) is 0 Å². The third-order valence-corrected chi connectivity index (χ3v) is 3.86. The first kappa shape index (κ1) is 14.6. The number of hydrogen-bond donors (Lipinski definition) is 2. The van der Waals surface area contributed by atoms with Crippen LogP contribution in [0.3, 0.4) is 0 Å². The van der Waals surface area contributed by atoms with Crippen LogP contribution in [0.25, 0.3) is 0 Å². The number of anilines is 3. The summed E-state index contributed by atoms with van der Waals surface area (Å²) in [5.74, 6) is 0.674. The van der Waals surface area contributed by atoms with Crippen molar-refractivity contribution in [2.24, 2.45) is 0 Å². The van der Waals surface area contributed by atoms with E-state index < -0.39 is 0 Å². The monoisotopic (exact) mass is 320 g/mol. The summed E-state index contributed by atoms with van der Waals surface area (Å²) in [7, 11) is 0. The quantitative estimate of drug-likeness (QED) is 0.898. The van der Waals surface area contributed by atoms with Crippen molar-refractivity contribution >= 4 is 34.7 Å². The van der Waals surface area contributed by atoms with Gasteiger partial charge in [-0.05, 0) is 12.8 Å². The molecule has 116 valence electrons. The van der Waals surface area contributed by atoms with Crippen molar-refractivity contribution < 1.29 is 4.79 Å². The van der Waals surface area contributed by atoms with Gasteiger partial charge >= 0.3 is 0 Å². The van der Waals surface area contributed by atoms with E-state index in [1.165, 1.54) is 6.20 Å². The highest BCUT2D eigenvalue weighted by atomic mass is 35.5. The van der Waals surface area contributed by atoms with Crippen LogP contribution in [0.15, 0.2) is 24.7 Å². The van der Waals surface area contributed by atoms with Gasteiger partial charge in [-0.1, -0.05) is 11.6 Å². The predicted octanol–water partition coefficient (Wildman–Crippen LogP) is 1.88. The number of aromatic nitrogens is 3. The van der Waals surface area contributed by atoms with Crippen molar-refractivity contribution in [1.82, 2.24) is 19.7 Å². The fraction of sp³-hybridized carbons (Fsp3) is 0.357. The van der Waals surface area contributed by atoms with Crippen LogP contribution in [0.1, 0.15) is 12.8 Å². The van der Waals surface area contributed by atoms with Crippen LogP contribution in [0, 0.1) is 0 Å². The summed E-state index contributed by atoms with van der Waals surface area (Å²) in [6.45, 7) is 1.94. The SMILES string of the molecule is Nc1cc(Nc2cnn(CC(=O)N3CCCC3)c2)ncc1Cl. The van der Waals surface area contributed by atoms with Gasteiger partial charge in [0.25, 0.3) is 0 Å². The van der Waals surface area contributed by atoms with Gasteiger partial charge in [-0.2, -0.15) is 5.10 Å². The van der Waals surface area contributed by atoms with Crippen LogP contribution >= 0.6 is 11.6 Å². The van der Waals surface area contributed by atoms with E-state index in [-0.39, 0.29) is 12.5 Å². The van der Waals surface area contributed by atoms with E-state index in [2.05, 4.69) is 15.4 Å². The van der Waals surface area contributed by atoms with E-state index in [1.54, 1.807) is 23.1 Å². The van der Waals surface area contributed by atoms with Gasteiger partial charge in [0.1, 0.15) is 12.4 Å². The summed E-state index contributed by atoms with van der Waals surface area (Å²) in [5.41, 5.74) is 6.93. The van der Waals surface area contributed by atoms with E-state index in [0.717, 1.165) is 31.6 Å². The molecular formula is C14H17ClN6O. The zero-order valence-electron chi connectivity index (χ0n) is 12.0. The molecule has 1 saturated heterocycles. The molecule has 1 aliphatic rings. The number of halogens is 1. The Hall–Kier alpha value is -2.28. The molecule has 0 bridgehead atoms. The molecule has 0 unspecified atom stereocenters. The molecule has 7 nitrogen and oxygen atoms in total. The summed E-state index contributed by atoms with van der Waals surface area (Å²) in [6, 6.07) is 1.65. The van der Waals surface area contributed by atoms with Crippen molar-refractivity contribution in [3.8, 4) is 0 Å². The van der Waals surface area contributed by atoms with Gasteiger partial charge in [0.15, 0.2) is 0 Å². The molecule has 3 N–H and O–H groups in total. The Labute approximate surface area is 133 Å². The van der Waals surface area contributed by atoms with E-state index in [9.17, 15) is 4.79 Å². The number of likely N-dealkylation sites (tertiary alicyclic amines) is 1. The smallest absolute Gasteiger partial charge is 0.244 e. The topological polar surface area (TPSA) is 89.1 Å². The number of pyridine rings is 1. The standard InChI is InChI=1S/C14H17ClN6O/c15-11-7-17-13(5-12(11)16)19-10-6-18-21(8-10)9-14(22)20-3-1-2-4-20/h5-8H,1-4,9H2,(H3,16,17,19). The molecule has 0 radical (unpaired) electrons. The number of rotatable bonds is 4. The predicted molar refractivity (Wildman–Crippen MR) is 85.0 cm³/mol. The molecule has 0 atom stereocenters. The third kappa shape index (κ3) is 3.30. The maximum absolute atomic E-state index is 12.1. The number of carbonyl (C=O) groups excluding carboxylic acids is 1. The Morgan fingerprint density at radius 2 is 2.14 bits per heavy atom. The summed E-state index contributed by atoms with van der Waals surface area (Å²) in [4.78, 5) is 18.1. The second-order valence-electron chi connectivity index (χ2n) is 5.23. The zero-order valence-corrected chi connectivity index (χ0v) is 12.8. The van der Waals surface area contributed by atoms with Crippen LogP contribution in [-0.2, 0) is 11.3 Å². The van der Waals surface area contributed by atoms with Crippen molar-refractivity contribution in [2.45, 2.75) is 19.4 Å². The van der Waals surface area contributed by atoms with Crippen LogP contribution in [0.4, 0.5) is 17.2 Å². The van der Waals surface area contributed by atoms with Gasteiger partial charge < -0.3 is 16.0 Å². The van der Waals surface area contributed by atoms with Crippen molar-refractivity contribution in [3.63, 3.8) is 0 Å². The highest BCUT2D eigenvalue weighted by Gasteiger charge is 2.18. The van der Waals surface area contributed by atoms with Crippen LogP contribution < -0.4 is 11.1 Å². The van der Waals surface area contributed by atoms with Gasteiger partial charge in [0.05, 0.1) is 22.6 Å². The molecule has 0 aromatic carbocycles. The molecule has 8 heteroatoms. The number of nitrogens with two attached hydrogens (primary N) is 1. The van der Waals surface area contributed by atoms with E-state index in [0.29, 0.717) is 16.5 Å². The molecule has 0 spiro atoms. The second-order valence-corrected chi connectivity index (χ2v) is 5.64. The first-order valence-electron chi connectivity index (χ1n) is 7.10. The zero-order chi connectivity index (χ0) is 15.5. The molecule has 1 aliphatic heterocycles. The number of nitrogens with zero attached hydrogens (tertiary/aromatic N) is 4. The average molecular weight is 321 g/mol. The number of amides is 1. The molecular weight excluding hydrogens is 304 g/mol. The fourth-order valence-corrected chi connectivity index (χ4v) is 2.49. The lowest BCUT2D eigenvalue weighted by Crippen LogP contribution is -2.31. The molecule has 2 aromatic rings. The average Bonchev–Trinajstić information content (AvgIpc) is 3.15. The highest BCUT2D eigenvalue weighted by molar-refractivity contribution is 6.32. The lowest BCUT2D eigenvalue weighted by molar-refractivity contribution is -0.130. The van der Waals surface area contributed by atoms with E-state index in [4.69, 9.17) is 17.3 Å². The largest absolute Gasteiger partial charge is 0.397 e. The van der Waals surface area contributed by atoms with E-state index in [1.807, 2.05) is 4.90 Å². The minimum atomic E-state index is 0.0982. The lowest BCUT2D eigenvalue weighted by Gasteiger charge is -2.14. The van der Waals surface area contributed by atoms with E-state index >= 15 is 0 Å². The fourth-order valence-electron chi connectivity index (χ4n) is 2.39. The summed E-state index contributed by atoms with van der Waals surface area (Å²) >= 11 is 5.83. The molecule has 2 aromatic heterocycles. The van der Waals surface area contributed by atoms with Gasteiger partial charge in [0.2, 0.25) is 5.91 Å². The third-order valence-electron chi connectivity index (χ3n) is 3.55. The lowest BCUT2D eigenvalue weighted by atomic mass is 10.4. The Bertz CT molecular complexity index is 680. The molecule has 0 aliphatic carbocycles. The molecule has 0 saturated carbocycles. The Morgan fingerprint density at radius 3 is 2.86 bits per heavy atom. The summed E-state index contributed by atoms with van der Waals surface area (Å²) in [5, 5.41) is 7.68. The van der Waals surface area contributed by atoms with Gasteiger partial charge in [-0.3, -0.25) is 9.48 Å². The molecule has 22 heavy (non-hydrogen) atoms. The first-order valence-corrected chi connectivity index (χ1v) is 7.48. The normalized spacial score (nSPS) is 14.3. The Kier molecular flexibility index (Phi) is 4.15. The molecule has 3 heterocycles.